The molecular formula is C32H47FN6O3. The first kappa shape index (κ1) is 31.7. The van der Waals surface area contributed by atoms with E-state index in [9.17, 15) is 9.18 Å². The van der Waals surface area contributed by atoms with Crippen LogP contribution in [0, 0.1) is 0 Å². The highest BCUT2D eigenvalue weighted by atomic mass is 19.1. The molecule has 0 unspecified atom stereocenters. The number of ether oxygens (including phenoxy) is 2. The lowest BCUT2D eigenvalue weighted by Crippen LogP contribution is -2.41. The molecule has 1 aliphatic rings. The van der Waals surface area contributed by atoms with Crippen LogP contribution >= 0.6 is 0 Å². The number of carbonyl (C=O) groups excluding carboxylic acids is 1. The number of rotatable bonds is 15. The number of methoxy groups -OCH3 is 1. The van der Waals surface area contributed by atoms with Gasteiger partial charge in [0.2, 0.25) is 0 Å². The number of benzene rings is 1. The summed E-state index contributed by atoms with van der Waals surface area (Å²) in [5.41, 5.74) is 2.70. The first-order valence-electron chi connectivity index (χ1n) is 15.1. The molecule has 1 aromatic carbocycles. The van der Waals surface area contributed by atoms with Gasteiger partial charge in [-0.1, -0.05) is 18.2 Å². The Bertz CT molecular complexity index is 1310. The Balaban J connectivity index is 1.40. The number of para-hydroxylation sites is 1. The van der Waals surface area contributed by atoms with Gasteiger partial charge >= 0.3 is 5.97 Å². The number of fused-ring (bicyclic) bond motifs is 2. The molecule has 10 heteroatoms. The number of aromatic nitrogens is 3. The largest absolute Gasteiger partial charge is 0.458 e. The van der Waals surface area contributed by atoms with Crippen molar-refractivity contribution < 1.29 is 18.7 Å². The van der Waals surface area contributed by atoms with Crippen LogP contribution in [0.1, 0.15) is 57.7 Å². The van der Waals surface area contributed by atoms with E-state index >= 15 is 0 Å². The number of pyridine rings is 1. The third kappa shape index (κ3) is 9.13. The minimum absolute atomic E-state index is 0.0379. The van der Waals surface area contributed by atoms with Gasteiger partial charge in [-0.25, -0.2) is 14.2 Å². The van der Waals surface area contributed by atoms with Gasteiger partial charge in [0.1, 0.15) is 23.6 Å². The lowest BCUT2D eigenvalue weighted by Gasteiger charge is -2.28. The summed E-state index contributed by atoms with van der Waals surface area (Å²) in [7, 11) is 3.39. The Hall–Kier alpha value is -3.24. The van der Waals surface area contributed by atoms with E-state index in [1.165, 1.54) is 12.7 Å². The fourth-order valence-corrected chi connectivity index (χ4v) is 5.38. The van der Waals surface area contributed by atoms with Gasteiger partial charge in [-0.15, -0.1) is 0 Å². The topological polar surface area (TPSA) is 93.5 Å². The number of unbranched alkanes of at least 4 members (excludes halogenated alkanes) is 1. The molecule has 2 aromatic heterocycles. The predicted octanol–water partition coefficient (Wildman–Crippen LogP) is 5.15. The van der Waals surface area contributed by atoms with Gasteiger partial charge in [-0.3, -0.25) is 4.68 Å². The number of hydrogen-bond acceptors (Lipinski definition) is 8. The molecule has 0 spiro atoms. The zero-order valence-corrected chi connectivity index (χ0v) is 25.8. The maximum absolute atomic E-state index is 14.7. The van der Waals surface area contributed by atoms with Crippen molar-refractivity contribution in [2.75, 3.05) is 50.5 Å². The molecule has 4 rings (SSSR count). The molecule has 42 heavy (non-hydrogen) atoms. The Kier molecular flexibility index (Phi) is 11.2. The maximum atomic E-state index is 14.7. The number of hydrogen-bond donors (Lipinski definition) is 2. The summed E-state index contributed by atoms with van der Waals surface area (Å²) in [4.78, 5) is 20.2. The van der Waals surface area contributed by atoms with Gasteiger partial charge in [-0.2, -0.15) is 5.10 Å². The van der Waals surface area contributed by atoms with Gasteiger partial charge in [0.25, 0.3) is 0 Å². The van der Waals surface area contributed by atoms with Crippen LogP contribution in [-0.2, 0) is 34.2 Å². The lowest BCUT2D eigenvalue weighted by molar-refractivity contribution is -0.156. The molecule has 0 aliphatic carbocycles. The monoisotopic (exact) mass is 582 g/mol. The quantitative estimate of drug-likeness (QED) is 0.188. The van der Waals surface area contributed by atoms with E-state index in [-0.39, 0.29) is 19.1 Å². The molecule has 0 saturated heterocycles. The average molecular weight is 583 g/mol. The van der Waals surface area contributed by atoms with Crippen molar-refractivity contribution in [3.05, 3.63) is 47.7 Å². The summed E-state index contributed by atoms with van der Waals surface area (Å²) < 4.78 is 27.3. The van der Waals surface area contributed by atoms with Crippen molar-refractivity contribution in [1.82, 2.24) is 19.7 Å². The molecule has 3 heterocycles. The molecule has 9 nitrogen and oxygen atoms in total. The summed E-state index contributed by atoms with van der Waals surface area (Å²) >= 11 is 0. The molecule has 0 fully saturated rings. The molecule has 3 aromatic rings. The van der Waals surface area contributed by atoms with Crippen LogP contribution in [0.2, 0.25) is 0 Å². The van der Waals surface area contributed by atoms with E-state index < -0.39 is 17.8 Å². The smallest absolute Gasteiger partial charge is 0.329 e. The molecule has 0 saturated carbocycles. The van der Waals surface area contributed by atoms with E-state index in [0.717, 1.165) is 61.1 Å². The Labute approximate surface area is 249 Å². The summed E-state index contributed by atoms with van der Waals surface area (Å²) in [6.07, 6.45) is 4.25. The van der Waals surface area contributed by atoms with Crippen LogP contribution in [0.5, 0.6) is 0 Å². The Morgan fingerprint density at radius 3 is 2.79 bits per heavy atom. The van der Waals surface area contributed by atoms with Crippen molar-refractivity contribution in [3.63, 3.8) is 0 Å². The molecule has 230 valence electrons. The van der Waals surface area contributed by atoms with Crippen LogP contribution in [0.25, 0.3) is 10.9 Å². The summed E-state index contributed by atoms with van der Waals surface area (Å²) in [6.45, 7) is 8.05. The van der Waals surface area contributed by atoms with Crippen molar-refractivity contribution in [2.45, 2.75) is 77.1 Å². The molecule has 0 radical (unpaired) electrons. The van der Waals surface area contributed by atoms with E-state index in [1.54, 1.807) is 4.68 Å². The van der Waals surface area contributed by atoms with Crippen LogP contribution in [0.3, 0.4) is 0 Å². The van der Waals surface area contributed by atoms with E-state index in [1.807, 2.05) is 52.1 Å². The van der Waals surface area contributed by atoms with Gasteiger partial charge in [-0.05, 0) is 89.6 Å². The average Bonchev–Trinajstić information content (AvgIpc) is 3.27. The van der Waals surface area contributed by atoms with E-state index in [0.29, 0.717) is 25.3 Å². The highest BCUT2D eigenvalue weighted by molar-refractivity contribution is 5.92. The zero-order valence-electron chi connectivity index (χ0n) is 25.8. The first-order chi connectivity index (χ1) is 20.1. The number of halogens is 1. The molecule has 0 bridgehead atoms. The van der Waals surface area contributed by atoms with Crippen LogP contribution in [-0.4, -0.2) is 83.3 Å². The van der Waals surface area contributed by atoms with Crippen molar-refractivity contribution in [1.29, 1.82) is 0 Å². The second-order valence-corrected chi connectivity index (χ2v) is 12.2. The normalized spacial score (nSPS) is 14.8. The highest BCUT2D eigenvalue weighted by Crippen LogP contribution is 2.24. The second kappa shape index (κ2) is 14.8. The summed E-state index contributed by atoms with van der Waals surface area (Å²) in [5.74, 6) is 1.30. The number of nitrogens with zero attached hydrogens (tertiary/aromatic N) is 4. The standard InChI is InChI=1S/C32H47FN6O3/c1-32(2,3)42-31(40)27(36-30-26-13-6-7-14-28(26)38(4)37-30)17-20-39(21-24(33)22-41-5)19-9-8-12-25-16-15-23-11-10-18-34-29(23)35-25/h6-7,13-16,24,27H,8-12,17-22H2,1-5H3,(H,34,35)(H,36,37)/t24-,27-/m0/s1. The zero-order chi connectivity index (χ0) is 30.1. The number of aryl methyl sites for hydroxylation is 3. The van der Waals surface area contributed by atoms with Crippen LogP contribution in [0.15, 0.2) is 36.4 Å². The number of esters is 1. The first-order valence-corrected chi connectivity index (χ1v) is 15.1. The molecular weight excluding hydrogens is 535 g/mol. The van der Waals surface area contributed by atoms with Gasteiger partial charge < -0.3 is 25.0 Å². The number of nitrogens with one attached hydrogen (secondary N) is 2. The van der Waals surface area contributed by atoms with Gasteiger partial charge in [0.05, 0.1) is 12.1 Å². The van der Waals surface area contributed by atoms with E-state index in [4.69, 9.17) is 14.5 Å². The maximum Gasteiger partial charge on any atom is 0.329 e. The third-order valence-corrected chi connectivity index (χ3v) is 7.41. The van der Waals surface area contributed by atoms with Gasteiger partial charge in [0.15, 0.2) is 5.82 Å². The van der Waals surface area contributed by atoms with E-state index in [2.05, 4.69) is 32.8 Å². The molecule has 2 N–H and O–H groups in total. The third-order valence-electron chi connectivity index (χ3n) is 7.41. The Morgan fingerprint density at radius 2 is 2.00 bits per heavy atom. The highest BCUT2D eigenvalue weighted by Gasteiger charge is 2.27. The predicted molar refractivity (Wildman–Crippen MR) is 166 cm³/mol. The number of carbonyl (C=O) groups is 1. The van der Waals surface area contributed by atoms with Crippen LogP contribution < -0.4 is 10.6 Å². The SMILES string of the molecule is COC[C@@H](F)CN(CCCCc1ccc2c(n1)NCCC2)CC[C@H](Nc1nn(C)c2ccccc12)C(=O)OC(C)(C)C. The number of anilines is 2. The summed E-state index contributed by atoms with van der Waals surface area (Å²) in [5, 5.41) is 12.3. The minimum atomic E-state index is -1.11. The van der Waals surface area contributed by atoms with Crippen molar-refractivity contribution in [3.8, 4) is 0 Å². The van der Waals surface area contributed by atoms with Crippen molar-refractivity contribution in [2.24, 2.45) is 7.05 Å². The minimum Gasteiger partial charge on any atom is -0.458 e. The second-order valence-electron chi connectivity index (χ2n) is 12.2. The Morgan fingerprint density at radius 1 is 1.19 bits per heavy atom. The lowest BCUT2D eigenvalue weighted by atomic mass is 10.1. The summed E-state index contributed by atoms with van der Waals surface area (Å²) in [6, 6.07) is 11.6. The molecule has 2 atom stereocenters. The van der Waals surface area contributed by atoms with Crippen molar-refractivity contribution >= 4 is 28.5 Å². The van der Waals surface area contributed by atoms with Crippen LogP contribution in [0.4, 0.5) is 16.0 Å². The van der Waals surface area contributed by atoms with Gasteiger partial charge in [0, 0.05) is 44.9 Å². The fraction of sp³-hybridized carbons (Fsp3) is 0.594. The molecule has 1 aliphatic heterocycles. The fourth-order valence-electron chi connectivity index (χ4n) is 5.38. The number of alkyl halides is 1. The molecule has 0 amide bonds.